The molecule has 0 spiro atoms. The van der Waals surface area contributed by atoms with E-state index < -0.39 is 5.92 Å². The standard InChI is InChI=1S/C27H33N3O4/c1-19-8-6-12-24(20(19)2)28-25(31)18-30(17-23-11-7-13-34-23)27(33)22-14-26(32)29(16-22)15-21-9-4-3-5-10-21/h3-6,8-10,12,22-23H,7,11,13-18H2,1-2H3,(H,28,31)/t22-,23+/m1/s1. The van der Waals surface area contributed by atoms with E-state index in [1.165, 1.54) is 0 Å². The van der Waals surface area contributed by atoms with Crippen LogP contribution in [0.1, 0.15) is 36.0 Å². The van der Waals surface area contributed by atoms with Crippen LogP contribution in [0.25, 0.3) is 0 Å². The Morgan fingerprint density at radius 3 is 2.65 bits per heavy atom. The summed E-state index contributed by atoms with van der Waals surface area (Å²) in [6, 6.07) is 15.5. The zero-order valence-electron chi connectivity index (χ0n) is 20.0. The van der Waals surface area contributed by atoms with Crippen molar-refractivity contribution in [2.45, 2.75) is 45.8 Å². The minimum absolute atomic E-state index is 0.0286. The van der Waals surface area contributed by atoms with Crippen LogP contribution in [0, 0.1) is 19.8 Å². The average molecular weight is 464 g/mol. The molecule has 2 fully saturated rings. The van der Waals surface area contributed by atoms with E-state index >= 15 is 0 Å². The maximum Gasteiger partial charge on any atom is 0.244 e. The van der Waals surface area contributed by atoms with Crippen molar-refractivity contribution in [3.05, 3.63) is 65.2 Å². The van der Waals surface area contributed by atoms with Crippen molar-refractivity contribution in [1.29, 1.82) is 0 Å². The second kappa shape index (κ2) is 10.8. The quantitative estimate of drug-likeness (QED) is 0.652. The number of aryl methyl sites for hydroxylation is 1. The lowest BCUT2D eigenvalue weighted by Crippen LogP contribution is -2.45. The summed E-state index contributed by atoms with van der Waals surface area (Å²) in [5.74, 6) is -0.883. The highest BCUT2D eigenvalue weighted by atomic mass is 16.5. The van der Waals surface area contributed by atoms with Gasteiger partial charge >= 0.3 is 0 Å². The Labute approximate surface area is 201 Å². The Bertz CT molecular complexity index is 1030. The van der Waals surface area contributed by atoms with E-state index in [4.69, 9.17) is 4.74 Å². The van der Waals surface area contributed by atoms with Crippen LogP contribution in [0.15, 0.2) is 48.5 Å². The minimum atomic E-state index is -0.453. The zero-order chi connectivity index (χ0) is 24.1. The highest BCUT2D eigenvalue weighted by Crippen LogP contribution is 2.24. The summed E-state index contributed by atoms with van der Waals surface area (Å²) in [5.41, 5.74) is 3.88. The first-order valence-corrected chi connectivity index (χ1v) is 12.0. The van der Waals surface area contributed by atoms with Crippen LogP contribution in [0.5, 0.6) is 0 Å². The van der Waals surface area contributed by atoms with Gasteiger partial charge in [-0.3, -0.25) is 14.4 Å². The van der Waals surface area contributed by atoms with E-state index in [-0.39, 0.29) is 36.8 Å². The third kappa shape index (κ3) is 5.83. The highest BCUT2D eigenvalue weighted by molar-refractivity contribution is 5.96. The molecule has 0 saturated carbocycles. The summed E-state index contributed by atoms with van der Waals surface area (Å²) in [5, 5.41) is 2.95. The number of ether oxygens (including phenoxy) is 1. The molecule has 2 saturated heterocycles. The molecule has 2 aromatic carbocycles. The number of benzene rings is 2. The fourth-order valence-corrected chi connectivity index (χ4v) is 4.67. The Morgan fingerprint density at radius 1 is 1.12 bits per heavy atom. The molecule has 2 atom stereocenters. The molecule has 2 aliphatic rings. The summed E-state index contributed by atoms with van der Waals surface area (Å²) in [4.78, 5) is 42.4. The number of hydrogen-bond acceptors (Lipinski definition) is 4. The minimum Gasteiger partial charge on any atom is -0.376 e. The molecule has 3 amide bonds. The summed E-state index contributed by atoms with van der Waals surface area (Å²) in [6.07, 6.45) is 1.92. The fraction of sp³-hybridized carbons (Fsp3) is 0.444. The van der Waals surface area contributed by atoms with Gasteiger partial charge in [-0.1, -0.05) is 42.5 Å². The van der Waals surface area contributed by atoms with Crippen molar-refractivity contribution in [2.75, 3.05) is 31.6 Å². The van der Waals surface area contributed by atoms with Gasteiger partial charge in [0, 0.05) is 38.3 Å². The normalized spacial score (nSPS) is 19.9. The van der Waals surface area contributed by atoms with Gasteiger partial charge in [-0.15, -0.1) is 0 Å². The van der Waals surface area contributed by atoms with Crippen molar-refractivity contribution < 1.29 is 19.1 Å². The van der Waals surface area contributed by atoms with E-state index in [1.807, 2.05) is 62.4 Å². The Kier molecular flexibility index (Phi) is 7.63. The summed E-state index contributed by atoms with van der Waals surface area (Å²) >= 11 is 0. The monoisotopic (exact) mass is 463 g/mol. The predicted molar refractivity (Wildman–Crippen MR) is 130 cm³/mol. The molecule has 7 heteroatoms. The van der Waals surface area contributed by atoms with E-state index in [2.05, 4.69) is 5.32 Å². The molecule has 1 N–H and O–H groups in total. The smallest absolute Gasteiger partial charge is 0.244 e. The largest absolute Gasteiger partial charge is 0.376 e. The molecule has 180 valence electrons. The van der Waals surface area contributed by atoms with Gasteiger partial charge < -0.3 is 19.9 Å². The van der Waals surface area contributed by atoms with E-state index in [0.717, 1.165) is 35.2 Å². The number of amides is 3. The average Bonchev–Trinajstić information content (AvgIpc) is 3.46. The second-order valence-electron chi connectivity index (χ2n) is 9.31. The first kappa shape index (κ1) is 24.0. The first-order chi connectivity index (χ1) is 16.4. The van der Waals surface area contributed by atoms with Crippen molar-refractivity contribution in [3.63, 3.8) is 0 Å². The molecule has 7 nitrogen and oxygen atoms in total. The predicted octanol–water partition coefficient (Wildman–Crippen LogP) is 3.30. The lowest BCUT2D eigenvalue weighted by atomic mass is 10.1. The topological polar surface area (TPSA) is 79.0 Å². The molecule has 0 aliphatic carbocycles. The second-order valence-corrected chi connectivity index (χ2v) is 9.31. The van der Waals surface area contributed by atoms with Crippen LogP contribution in [-0.2, 0) is 25.7 Å². The SMILES string of the molecule is Cc1cccc(NC(=O)CN(C[C@@H]2CCCO2)C(=O)[C@@H]2CC(=O)N(Cc3ccccc3)C2)c1C. The molecule has 0 aromatic heterocycles. The van der Waals surface area contributed by atoms with Gasteiger partial charge in [0.1, 0.15) is 0 Å². The van der Waals surface area contributed by atoms with Gasteiger partial charge in [0.15, 0.2) is 0 Å². The van der Waals surface area contributed by atoms with Gasteiger partial charge in [-0.05, 0) is 49.4 Å². The lowest BCUT2D eigenvalue weighted by molar-refractivity contribution is -0.139. The van der Waals surface area contributed by atoms with Crippen LogP contribution in [0.3, 0.4) is 0 Å². The van der Waals surface area contributed by atoms with Crippen molar-refractivity contribution in [2.24, 2.45) is 5.92 Å². The number of anilines is 1. The number of nitrogens with zero attached hydrogens (tertiary/aromatic N) is 2. The maximum absolute atomic E-state index is 13.5. The highest BCUT2D eigenvalue weighted by Gasteiger charge is 2.38. The Hall–Kier alpha value is -3.19. The summed E-state index contributed by atoms with van der Waals surface area (Å²) < 4.78 is 5.75. The van der Waals surface area contributed by atoms with E-state index in [9.17, 15) is 14.4 Å². The van der Waals surface area contributed by atoms with Gasteiger partial charge in [-0.25, -0.2) is 0 Å². The summed E-state index contributed by atoms with van der Waals surface area (Å²) in [6.45, 7) is 5.80. The Balaban J connectivity index is 1.43. The molecule has 0 unspecified atom stereocenters. The fourth-order valence-electron chi connectivity index (χ4n) is 4.67. The zero-order valence-corrected chi connectivity index (χ0v) is 20.0. The van der Waals surface area contributed by atoms with Gasteiger partial charge in [0.05, 0.1) is 18.6 Å². The first-order valence-electron chi connectivity index (χ1n) is 12.0. The maximum atomic E-state index is 13.5. The van der Waals surface area contributed by atoms with E-state index in [0.29, 0.717) is 26.2 Å². The molecule has 34 heavy (non-hydrogen) atoms. The van der Waals surface area contributed by atoms with Gasteiger partial charge in [0.25, 0.3) is 0 Å². The number of rotatable bonds is 8. The molecule has 0 bridgehead atoms. The van der Waals surface area contributed by atoms with Gasteiger partial charge in [-0.2, -0.15) is 0 Å². The van der Waals surface area contributed by atoms with Crippen LogP contribution in [0.4, 0.5) is 5.69 Å². The lowest BCUT2D eigenvalue weighted by Gasteiger charge is -2.27. The molecular formula is C27H33N3O4. The number of likely N-dealkylation sites (tertiary alicyclic amines) is 1. The number of carbonyl (C=O) groups excluding carboxylic acids is 3. The molecule has 0 radical (unpaired) electrons. The number of nitrogens with one attached hydrogen (secondary N) is 1. The number of carbonyl (C=O) groups is 3. The van der Waals surface area contributed by atoms with Crippen LogP contribution >= 0.6 is 0 Å². The third-order valence-electron chi connectivity index (χ3n) is 6.75. The van der Waals surface area contributed by atoms with E-state index in [1.54, 1.807) is 9.80 Å². The number of hydrogen-bond donors (Lipinski definition) is 1. The molecular weight excluding hydrogens is 430 g/mol. The molecule has 2 aliphatic heterocycles. The summed E-state index contributed by atoms with van der Waals surface area (Å²) in [7, 11) is 0. The van der Waals surface area contributed by atoms with Crippen LogP contribution < -0.4 is 5.32 Å². The third-order valence-corrected chi connectivity index (χ3v) is 6.75. The molecule has 4 rings (SSSR count). The molecule has 2 aromatic rings. The van der Waals surface area contributed by atoms with Crippen LogP contribution in [-0.4, -0.2) is 59.9 Å². The molecule has 2 heterocycles. The van der Waals surface area contributed by atoms with Gasteiger partial charge in [0.2, 0.25) is 17.7 Å². The van der Waals surface area contributed by atoms with Crippen molar-refractivity contribution in [1.82, 2.24) is 9.80 Å². The van der Waals surface area contributed by atoms with Crippen LogP contribution in [0.2, 0.25) is 0 Å². The Morgan fingerprint density at radius 2 is 1.91 bits per heavy atom. The van der Waals surface area contributed by atoms with Crippen molar-refractivity contribution in [3.8, 4) is 0 Å². The van der Waals surface area contributed by atoms with Crippen molar-refractivity contribution >= 4 is 23.4 Å².